The minimum absolute atomic E-state index is 0.0895. The summed E-state index contributed by atoms with van der Waals surface area (Å²) in [5.41, 5.74) is 6.00. The third-order valence-electron chi connectivity index (χ3n) is 2.29. The van der Waals surface area contributed by atoms with Gasteiger partial charge in [-0.2, -0.15) is 11.8 Å². The van der Waals surface area contributed by atoms with Crippen LogP contribution in [0.15, 0.2) is 12.3 Å². The van der Waals surface area contributed by atoms with Crippen molar-refractivity contribution in [1.82, 2.24) is 4.98 Å². The highest BCUT2D eigenvalue weighted by atomic mass is 32.2. The lowest BCUT2D eigenvalue weighted by atomic mass is 10.2. The number of nitrogens with one attached hydrogen (secondary N) is 1. The first-order chi connectivity index (χ1) is 8.16. The minimum Gasteiger partial charge on any atom is -0.478 e. The number of nitrogens with zero attached hydrogens (tertiary/aromatic N) is 1. The summed E-state index contributed by atoms with van der Waals surface area (Å²) in [6.45, 7) is 0.751. The molecule has 0 saturated heterocycles. The van der Waals surface area contributed by atoms with E-state index in [-0.39, 0.29) is 11.3 Å². The Balaban J connectivity index is 2.54. The summed E-state index contributed by atoms with van der Waals surface area (Å²) in [6, 6.07) is 1.40. The fraction of sp³-hybridized carbons (Fsp3) is 0.455. The molecular formula is C11H17N3O2S. The number of unbranched alkanes of at least 4 members (excludes halogenated alkanes) is 1. The lowest BCUT2D eigenvalue weighted by Gasteiger charge is -2.09. The fourth-order valence-electron chi connectivity index (χ4n) is 1.38. The van der Waals surface area contributed by atoms with Crippen LogP contribution >= 0.6 is 11.8 Å². The van der Waals surface area contributed by atoms with Crippen LogP contribution < -0.4 is 11.1 Å². The highest BCUT2D eigenvalue weighted by molar-refractivity contribution is 7.98. The smallest absolute Gasteiger partial charge is 0.337 e. The number of nitrogen functional groups attached to an aromatic ring is 1. The number of hydrogen-bond donors (Lipinski definition) is 3. The molecule has 1 aromatic rings. The SMILES string of the molecule is CSCCCCNc1nccc(C(=O)O)c1N. The highest BCUT2D eigenvalue weighted by Gasteiger charge is 2.11. The third-order valence-corrected chi connectivity index (χ3v) is 2.99. The van der Waals surface area contributed by atoms with Crippen molar-refractivity contribution in [3.05, 3.63) is 17.8 Å². The molecule has 1 heterocycles. The van der Waals surface area contributed by atoms with Crippen LogP contribution in [0.2, 0.25) is 0 Å². The van der Waals surface area contributed by atoms with Gasteiger partial charge in [0.1, 0.15) is 5.82 Å². The number of thioether (sulfide) groups is 1. The van der Waals surface area contributed by atoms with Crippen molar-refractivity contribution in [3.8, 4) is 0 Å². The van der Waals surface area contributed by atoms with Crippen LogP contribution in [0, 0.1) is 0 Å². The average Bonchev–Trinajstić information content (AvgIpc) is 2.30. The molecular weight excluding hydrogens is 238 g/mol. The van der Waals surface area contributed by atoms with Crippen molar-refractivity contribution in [1.29, 1.82) is 0 Å². The van der Waals surface area contributed by atoms with Crippen LogP contribution in [0.25, 0.3) is 0 Å². The number of carbonyl (C=O) groups is 1. The van der Waals surface area contributed by atoms with Crippen molar-refractivity contribution in [2.75, 3.05) is 29.6 Å². The predicted octanol–water partition coefficient (Wildman–Crippen LogP) is 1.92. The molecule has 0 fully saturated rings. The first kappa shape index (κ1) is 13.6. The molecule has 0 aliphatic carbocycles. The van der Waals surface area contributed by atoms with Gasteiger partial charge in [0.05, 0.1) is 11.3 Å². The van der Waals surface area contributed by atoms with Crippen molar-refractivity contribution < 1.29 is 9.90 Å². The Kier molecular flexibility index (Phi) is 5.62. The van der Waals surface area contributed by atoms with Crippen molar-refractivity contribution in [2.45, 2.75) is 12.8 Å². The summed E-state index contributed by atoms with van der Waals surface area (Å²) < 4.78 is 0. The Bertz CT molecular complexity index is 385. The zero-order chi connectivity index (χ0) is 12.7. The van der Waals surface area contributed by atoms with Crippen molar-refractivity contribution in [3.63, 3.8) is 0 Å². The van der Waals surface area contributed by atoms with Gasteiger partial charge < -0.3 is 16.2 Å². The predicted molar refractivity (Wildman–Crippen MR) is 71.7 cm³/mol. The largest absolute Gasteiger partial charge is 0.478 e. The molecule has 0 aromatic carbocycles. The summed E-state index contributed by atoms with van der Waals surface area (Å²) in [5, 5.41) is 12.0. The van der Waals surface area contributed by atoms with E-state index < -0.39 is 5.97 Å². The second kappa shape index (κ2) is 7.01. The second-order valence-electron chi connectivity index (χ2n) is 3.55. The summed E-state index contributed by atoms with van der Waals surface area (Å²) in [7, 11) is 0. The molecule has 94 valence electrons. The van der Waals surface area contributed by atoms with Gasteiger partial charge in [0.25, 0.3) is 0 Å². The van der Waals surface area contributed by atoms with E-state index in [4.69, 9.17) is 10.8 Å². The molecule has 4 N–H and O–H groups in total. The molecule has 0 atom stereocenters. The fourth-order valence-corrected chi connectivity index (χ4v) is 1.87. The zero-order valence-corrected chi connectivity index (χ0v) is 10.6. The van der Waals surface area contributed by atoms with Gasteiger partial charge in [-0.1, -0.05) is 0 Å². The van der Waals surface area contributed by atoms with E-state index in [1.165, 1.54) is 12.3 Å². The number of rotatable bonds is 7. The quantitative estimate of drug-likeness (QED) is 0.645. The summed E-state index contributed by atoms with van der Waals surface area (Å²) in [6.07, 6.45) is 5.65. The zero-order valence-electron chi connectivity index (χ0n) is 9.77. The van der Waals surface area contributed by atoms with Gasteiger partial charge in [0, 0.05) is 12.7 Å². The molecule has 17 heavy (non-hydrogen) atoms. The van der Waals surface area contributed by atoms with E-state index in [2.05, 4.69) is 16.6 Å². The van der Waals surface area contributed by atoms with Gasteiger partial charge in [0.2, 0.25) is 0 Å². The van der Waals surface area contributed by atoms with Gasteiger partial charge in [-0.3, -0.25) is 0 Å². The number of aromatic carboxylic acids is 1. The molecule has 0 aliphatic rings. The van der Waals surface area contributed by atoms with Crippen LogP contribution in [-0.4, -0.2) is 34.6 Å². The van der Waals surface area contributed by atoms with Crippen LogP contribution in [0.1, 0.15) is 23.2 Å². The lowest BCUT2D eigenvalue weighted by molar-refractivity contribution is 0.0698. The molecule has 0 spiro atoms. The number of pyridine rings is 1. The molecule has 6 heteroatoms. The number of carboxylic acids is 1. The molecule has 0 saturated carbocycles. The molecule has 0 bridgehead atoms. The van der Waals surface area contributed by atoms with Gasteiger partial charge in [-0.25, -0.2) is 9.78 Å². The molecule has 0 amide bonds. The number of anilines is 2. The Morgan fingerprint density at radius 3 is 3.00 bits per heavy atom. The Hall–Kier alpha value is -1.43. The Morgan fingerprint density at radius 1 is 1.59 bits per heavy atom. The van der Waals surface area contributed by atoms with Gasteiger partial charge in [-0.05, 0) is 30.9 Å². The molecule has 0 radical (unpaired) electrons. The molecule has 0 unspecified atom stereocenters. The van der Waals surface area contributed by atoms with E-state index in [0.717, 1.165) is 25.1 Å². The van der Waals surface area contributed by atoms with Crippen LogP contribution in [0.4, 0.5) is 11.5 Å². The standard InChI is InChI=1S/C11H17N3O2S/c1-17-7-3-2-5-13-10-9(12)8(11(15)16)4-6-14-10/h4,6H,2-3,5,7,12H2,1H3,(H,13,14)(H,15,16). The summed E-state index contributed by atoms with van der Waals surface area (Å²) in [4.78, 5) is 14.9. The van der Waals surface area contributed by atoms with Crippen LogP contribution in [0.3, 0.4) is 0 Å². The molecule has 1 aromatic heterocycles. The minimum atomic E-state index is -1.03. The van der Waals surface area contributed by atoms with E-state index in [0.29, 0.717) is 5.82 Å². The summed E-state index contributed by atoms with van der Waals surface area (Å²) >= 11 is 1.81. The van der Waals surface area contributed by atoms with Gasteiger partial charge in [-0.15, -0.1) is 0 Å². The first-order valence-corrected chi connectivity index (χ1v) is 6.76. The van der Waals surface area contributed by atoms with Crippen molar-refractivity contribution >= 4 is 29.2 Å². The van der Waals surface area contributed by atoms with E-state index in [9.17, 15) is 4.79 Å². The first-order valence-electron chi connectivity index (χ1n) is 5.37. The second-order valence-corrected chi connectivity index (χ2v) is 4.54. The highest BCUT2D eigenvalue weighted by Crippen LogP contribution is 2.19. The maximum absolute atomic E-state index is 10.9. The Morgan fingerprint density at radius 2 is 2.35 bits per heavy atom. The average molecular weight is 255 g/mol. The maximum Gasteiger partial charge on any atom is 0.337 e. The third kappa shape index (κ3) is 4.14. The van der Waals surface area contributed by atoms with E-state index in [1.54, 1.807) is 0 Å². The Labute approximate surface area is 105 Å². The van der Waals surface area contributed by atoms with Gasteiger partial charge >= 0.3 is 5.97 Å². The van der Waals surface area contributed by atoms with Crippen LogP contribution in [-0.2, 0) is 0 Å². The topological polar surface area (TPSA) is 88.2 Å². The number of hydrogen-bond acceptors (Lipinski definition) is 5. The number of nitrogens with two attached hydrogens (primary N) is 1. The van der Waals surface area contributed by atoms with E-state index >= 15 is 0 Å². The number of carboxylic acid groups (broad SMARTS) is 1. The van der Waals surface area contributed by atoms with E-state index in [1.807, 2.05) is 11.8 Å². The molecule has 5 nitrogen and oxygen atoms in total. The maximum atomic E-state index is 10.9. The van der Waals surface area contributed by atoms with Gasteiger partial charge in [0.15, 0.2) is 0 Å². The normalized spacial score (nSPS) is 10.2. The van der Waals surface area contributed by atoms with Crippen LogP contribution in [0.5, 0.6) is 0 Å². The lowest BCUT2D eigenvalue weighted by Crippen LogP contribution is -2.10. The number of aromatic nitrogens is 1. The monoisotopic (exact) mass is 255 g/mol. The summed E-state index contributed by atoms with van der Waals surface area (Å²) in [5.74, 6) is 0.545. The molecule has 0 aliphatic heterocycles. The van der Waals surface area contributed by atoms with Crippen molar-refractivity contribution in [2.24, 2.45) is 0 Å². The molecule has 1 rings (SSSR count).